The minimum absolute atomic E-state index is 0.133. The van der Waals surface area contributed by atoms with Crippen molar-refractivity contribution in [3.8, 4) is 0 Å². The monoisotopic (exact) mass is 182 g/mol. The van der Waals surface area contributed by atoms with Gasteiger partial charge in [-0.15, -0.1) is 11.3 Å². The number of carbonyl (C=O) groups is 1. The predicted octanol–water partition coefficient (Wildman–Crippen LogP) is 0.988. The maximum Gasteiger partial charge on any atom is 0.243 e. The smallest absolute Gasteiger partial charge is 0.243 e. The first-order chi connectivity index (χ1) is 5.83. The van der Waals surface area contributed by atoms with Crippen LogP contribution in [0.5, 0.6) is 0 Å². The maximum absolute atomic E-state index is 10.7. The minimum atomic E-state index is -0.133. The number of thiazole rings is 1. The van der Waals surface area contributed by atoms with Gasteiger partial charge in [0, 0.05) is 24.5 Å². The summed E-state index contributed by atoms with van der Waals surface area (Å²) in [6.07, 6.45) is 3.81. The fourth-order valence-electron chi connectivity index (χ4n) is 0.741. The predicted molar refractivity (Wildman–Crippen MR) is 49.0 cm³/mol. The van der Waals surface area contributed by atoms with E-state index in [-0.39, 0.29) is 5.91 Å². The summed E-state index contributed by atoms with van der Waals surface area (Å²) in [5.74, 6) is -0.133. The Labute approximate surface area is 75.1 Å². The van der Waals surface area contributed by atoms with Gasteiger partial charge in [-0.3, -0.25) is 4.79 Å². The van der Waals surface area contributed by atoms with E-state index < -0.39 is 0 Å². The molecule has 1 N–H and O–H groups in total. The number of hydrogen-bond donors (Lipinski definition) is 1. The largest absolute Gasteiger partial charge is 0.352 e. The standard InChI is InChI=1S/C8H10N2OS/c1-2-7(11)9-4-3-8-10-5-6-12-8/h2,5-6H,1,3-4H2,(H,9,11). The fourth-order valence-corrected chi connectivity index (χ4v) is 1.36. The summed E-state index contributed by atoms with van der Waals surface area (Å²) in [5.41, 5.74) is 0. The molecule has 1 rings (SSSR count). The van der Waals surface area contributed by atoms with Gasteiger partial charge in [0.25, 0.3) is 0 Å². The van der Waals surface area contributed by atoms with Gasteiger partial charge in [0.2, 0.25) is 5.91 Å². The Morgan fingerprint density at radius 1 is 1.83 bits per heavy atom. The molecule has 0 bridgehead atoms. The highest BCUT2D eigenvalue weighted by molar-refractivity contribution is 7.09. The molecule has 0 radical (unpaired) electrons. The third-order valence-corrected chi connectivity index (χ3v) is 2.15. The summed E-state index contributed by atoms with van der Waals surface area (Å²) in [5, 5.41) is 5.64. The lowest BCUT2D eigenvalue weighted by Gasteiger charge is -1.97. The quantitative estimate of drug-likeness (QED) is 0.705. The van der Waals surface area contributed by atoms with E-state index in [0.717, 1.165) is 11.4 Å². The zero-order valence-corrected chi connectivity index (χ0v) is 7.43. The van der Waals surface area contributed by atoms with E-state index in [2.05, 4.69) is 16.9 Å². The van der Waals surface area contributed by atoms with Crippen molar-refractivity contribution in [3.05, 3.63) is 29.2 Å². The molecule has 0 aliphatic rings. The Morgan fingerprint density at radius 2 is 2.67 bits per heavy atom. The molecule has 12 heavy (non-hydrogen) atoms. The molecule has 1 aromatic rings. The van der Waals surface area contributed by atoms with Gasteiger partial charge in [-0.2, -0.15) is 0 Å². The van der Waals surface area contributed by atoms with Crippen LogP contribution in [-0.4, -0.2) is 17.4 Å². The second-order valence-corrected chi connectivity index (χ2v) is 3.15. The molecule has 0 unspecified atom stereocenters. The fraction of sp³-hybridized carbons (Fsp3) is 0.250. The van der Waals surface area contributed by atoms with Crippen LogP contribution in [0.15, 0.2) is 24.2 Å². The van der Waals surface area contributed by atoms with Crippen molar-refractivity contribution in [2.75, 3.05) is 6.54 Å². The highest BCUT2D eigenvalue weighted by Gasteiger charge is 1.96. The molecular formula is C8H10N2OS. The number of hydrogen-bond acceptors (Lipinski definition) is 3. The Bertz CT molecular complexity index is 256. The lowest BCUT2D eigenvalue weighted by Crippen LogP contribution is -2.23. The molecule has 1 amide bonds. The Morgan fingerprint density at radius 3 is 3.25 bits per heavy atom. The van der Waals surface area contributed by atoms with Gasteiger partial charge < -0.3 is 5.32 Å². The first kappa shape index (κ1) is 8.93. The number of carbonyl (C=O) groups excluding carboxylic acids is 1. The molecule has 0 saturated heterocycles. The zero-order valence-electron chi connectivity index (χ0n) is 6.62. The summed E-state index contributed by atoms with van der Waals surface area (Å²) in [6, 6.07) is 0. The first-order valence-electron chi connectivity index (χ1n) is 3.61. The molecule has 4 heteroatoms. The summed E-state index contributed by atoms with van der Waals surface area (Å²) < 4.78 is 0. The first-order valence-corrected chi connectivity index (χ1v) is 4.49. The van der Waals surface area contributed by atoms with Crippen LogP contribution in [-0.2, 0) is 11.2 Å². The van der Waals surface area contributed by atoms with E-state index in [1.807, 2.05) is 5.38 Å². The van der Waals surface area contributed by atoms with Gasteiger partial charge in [0.05, 0.1) is 5.01 Å². The summed E-state index contributed by atoms with van der Waals surface area (Å²) in [7, 11) is 0. The normalized spacial score (nSPS) is 9.33. The van der Waals surface area contributed by atoms with Crippen LogP contribution in [0.1, 0.15) is 5.01 Å². The Hall–Kier alpha value is -1.16. The topological polar surface area (TPSA) is 42.0 Å². The van der Waals surface area contributed by atoms with Crippen LogP contribution in [0, 0.1) is 0 Å². The van der Waals surface area contributed by atoms with Crippen LogP contribution in [0.4, 0.5) is 0 Å². The van der Waals surface area contributed by atoms with Crippen molar-refractivity contribution >= 4 is 17.2 Å². The average molecular weight is 182 g/mol. The molecule has 1 aromatic heterocycles. The van der Waals surface area contributed by atoms with Gasteiger partial charge in [-0.25, -0.2) is 4.98 Å². The lowest BCUT2D eigenvalue weighted by atomic mass is 10.4. The van der Waals surface area contributed by atoms with Gasteiger partial charge in [0.1, 0.15) is 0 Å². The van der Waals surface area contributed by atoms with E-state index in [1.165, 1.54) is 6.08 Å². The van der Waals surface area contributed by atoms with Crippen molar-refractivity contribution < 1.29 is 4.79 Å². The van der Waals surface area contributed by atoms with Crippen molar-refractivity contribution in [2.24, 2.45) is 0 Å². The molecule has 0 spiro atoms. The summed E-state index contributed by atoms with van der Waals surface area (Å²) in [4.78, 5) is 14.8. The van der Waals surface area contributed by atoms with Crippen LogP contribution in [0.2, 0.25) is 0 Å². The van der Waals surface area contributed by atoms with Crippen molar-refractivity contribution in [2.45, 2.75) is 6.42 Å². The van der Waals surface area contributed by atoms with Gasteiger partial charge >= 0.3 is 0 Å². The summed E-state index contributed by atoms with van der Waals surface area (Å²) in [6.45, 7) is 3.97. The van der Waals surface area contributed by atoms with Crippen molar-refractivity contribution in [1.82, 2.24) is 10.3 Å². The highest BCUT2D eigenvalue weighted by Crippen LogP contribution is 2.03. The molecule has 64 valence electrons. The van der Waals surface area contributed by atoms with E-state index in [9.17, 15) is 4.79 Å². The lowest BCUT2D eigenvalue weighted by molar-refractivity contribution is -0.116. The van der Waals surface area contributed by atoms with Crippen LogP contribution >= 0.6 is 11.3 Å². The second kappa shape index (κ2) is 4.66. The number of nitrogens with zero attached hydrogens (tertiary/aromatic N) is 1. The van der Waals surface area contributed by atoms with Gasteiger partial charge in [-0.1, -0.05) is 6.58 Å². The molecule has 0 fully saturated rings. The molecule has 1 heterocycles. The summed E-state index contributed by atoms with van der Waals surface area (Å²) >= 11 is 1.59. The van der Waals surface area contributed by atoms with Crippen LogP contribution < -0.4 is 5.32 Å². The molecule has 0 atom stereocenters. The number of aromatic nitrogens is 1. The van der Waals surface area contributed by atoms with E-state index in [4.69, 9.17) is 0 Å². The molecule has 0 saturated carbocycles. The number of rotatable bonds is 4. The number of nitrogens with one attached hydrogen (secondary N) is 1. The molecular weight excluding hydrogens is 172 g/mol. The van der Waals surface area contributed by atoms with E-state index in [1.54, 1.807) is 17.5 Å². The van der Waals surface area contributed by atoms with Gasteiger partial charge in [0.15, 0.2) is 0 Å². The zero-order chi connectivity index (χ0) is 8.81. The highest BCUT2D eigenvalue weighted by atomic mass is 32.1. The Kier molecular flexibility index (Phi) is 3.47. The second-order valence-electron chi connectivity index (χ2n) is 2.17. The van der Waals surface area contributed by atoms with Crippen molar-refractivity contribution in [3.63, 3.8) is 0 Å². The minimum Gasteiger partial charge on any atom is -0.352 e. The molecule has 0 aromatic carbocycles. The van der Waals surface area contributed by atoms with Crippen LogP contribution in [0.3, 0.4) is 0 Å². The third-order valence-electron chi connectivity index (χ3n) is 1.31. The molecule has 0 aliphatic heterocycles. The number of amides is 1. The third kappa shape index (κ3) is 2.84. The molecule has 3 nitrogen and oxygen atoms in total. The van der Waals surface area contributed by atoms with E-state index in [0.29, 0.717) is 6.54 Å². The van der Waals surface area contributed by atoms with Gasteiger partial charge in [-0.05, 0) is 6.08 Å². The molecule has 0 aliphatic carbocycles. The van der Waals surface area contributed by atoms with E-state index >= 15 is 0 Å². The van der Waals surface area contributed by atoms with Crippen molar-refractivity contribution in [1.29, 1.82) is 0 Å². The van der Waals surface area contributed by atoms with Crippen LogP contribution in [0.25, 0.3) is 0 Å². The Balaban J connectivity index is 2.19. The SMILES string of the molecule is C=CC(=O)NCCc1nccs1. The maximum atomic E-state index is 10.7. The average Bonchev–Trinajstić information content (AvgIpc) is 2.57.